The zero-order valence-electron chi connectivity index (χ0n) is 11.9. The van der Waals surface area contributed by atoms with Gasteiger partial charge in [0.1, 0.15) is 5.75 Å². The van der Waals surface area contributed by atoms with Crippen LogP contribution in [0.1, 0.15) is 33.1 Å². The number of unbranched alkanes of at least 4 members (excludes halogenated alkanes) is 2. The van der Waals surface area contributed by atoms with Gasteiger partial charge in [-0.25, -0.2) is 0 Å². The molecule has 0 aliphatic carbocycles. The molecule has 0 aliphatic heterocycles. The Kier molecular flexibility index (Phi) is 7.41. The molecule has 4 heteroatoms. The van der Waals surface area contributed by atoms with E-state index in [0.717, 1.165) is 23.6 Å². The highest BCUT2D eigenvalue weighted by atomic mass is 32.2. The molecule has 1 amide bonds. The van der Waals surface area contributed by atoms with Crippen LogP contribution in [0.25, 0.3) is 0 Å². The highest BCUT2D eigenvalue weighted by Gasteiger charge is 2.13. The molecule has 0 aliphatic rings. The van der Waals surface area contributed by atoms with Gasteiger partial charge in [0.25, 0.3) is 0 Å². The normalized spacial score (nSPS) is 11.9. The molecule has 0 aromatic heterocycles. The molecule has 0 unspecified atom stereocenters. The summed E-state index contributed by atoms with van der Waals surface area (Å²) >= 11 is 1.57. The lowest BCUT2D eigenvalue weighted by atomic mass is 10.2. The second-order valence-electron chi connectivity index (χ2n) is 4.43. The van der Waals surface area contributed by atoms with Crippen molar-refractivity contribution in [1.82, 2.24) is 5.32 Å². The van der Waals surface area contributed by atoms with Gasteiger partial charge in [0.15, 0.2) is 0 Å². The fraction of sp³-hybridized carbons (Fsp3) is 0.533. The number of hydrogen-bond acceptors (Lipinski definition) is 3. The van der Waals surface area contributed by atoms with Crippen molar-refractivity contribution in [2.75, 3.05) is 13.7 Å². The minimum Gasteiger partial charge on any atom is -0.497 e. The Balaban J connectivity index is 2.35. The van der Waals surface area contributed by atoms with Crippen molar-refractivity contribution in [2.24, 2.45) is 0 Å². The fourth-order valence-corrected chi connectivity index (χ4v) is 2.53. The first-order valence-corrected chi connectivity index (χ1v) is 7.63. The van der Waals surface area contributed by atoms with E-state index in [2.05, 4.69) is 12.2 Å². The minimum atomic E-state index is -0.0741. The van der Waals surface area contributed by atoms with Crippen LogP contribution in [0.5, 0.6) is 5.75 Å². The van der Waals surface area contributed by atoms with Crippen molar-refractivity contribution in [1.29, 1.82) is 0 Å². The van der Waals surface area contributed by atoms with Crippen molar-refractivity contribution in [3.63, 3.8) is 0 Å². The van der Waals surface area contributed by atoms with E-state index >= 15 is 0 Å². The highest BCUT2D eigenvalue weighted by molar-refractivity contribution is 8.00. The molecule has 0 saturated carbocycles. The van der Waals surface area contributed by atoms with Crippen LogP contribution < -0.4 is 10.1 Å². The van der Waals surface area contributed by atoms with Gasteiger partial charge in [0.05, 0.1) is 12.4 Å². The maximum absolute atomic E-state index is 11.9. The van der Waals surface area contributed by atoms with E-state index in [9.17, 15) is 4.79 Å². The van der Waals surface area contributed by atoms with Gasteiger partial charge in [-0.15, -0.1) is 11.8 Å². The summed E-state index contributed by atoms with van der Waals surface area (Å²) in [4.78, 5) is 13.0. The topological polar surface area (TPSA) is 38.3 Å². The van der Waals surface area contributed by atoms with E-state index in [1.54, 1.807) is 18.9 Å². The largest absolute Gasteiger partial charge is 0.497 e. The van der Waals surface area contributed by atoms with Crippen LogP contribution in [-0.2, 0) is 4.79 Å². The summed E-state index contributed by atoms with van der Waals surface area (Å²) in [5.41, 5.74) is 0. The van der Waals surface area contributed by atoms with Gasteiger partial charge in [-0.2, -0.15) is 0 Å². The Morgan fingerprint density at radius 2 is 2.00 bits per heavy atom. The number of nitrogens with one attached hydrogen (secondary N) is 1. The molecule has 1 N–H and O–H groups in total. The molecule has 19 heavy (non-hydrogen) atoms. The molecule has 0 radical (unpaired) electrons. The summed E-state index contributed by atoms with van der Waals surface area (Å²) in [6.45, 7) is 4.87. The number of amides is 1. The smallest absolute Gasteiger partial charge is 0.233 e. The first kappa shape index (κ1) is 15.9. The fourth-order valence-electron chi connectivity index (χ4n) is 1.64. The standard InChI is InChI=1S/C15H23NO2S/c1-4-5-6-11-16-15(17)12(2)19-14-9-7-13(18-3)8-10-14/h7-10,12H,4-6,11H2,1-3H3,(H,16,17)/t12-/m0/s1. The first-order valence-electron chi connectivity index (χ1n) is 6.75. The van der Waals surface area contributed by atoms with E-state index in [-0.39, 0.29) is 11.2 Å². The van der Waals surface area contributed by atoms with Crippen LogP contribution >= 0.6 is 11.8 Å². The molecular formula is C15H23NO2S. The number of benzene rings is 1. The highest BCUT2D eigenvalue weighted by Crippen LogP contribution is 2.25. The van der Waals surface area contributed by atoms with Gasteiger partial charge >= 0.3 is 0 Å². The monoisotopic (exact) mass is 281 g/mol. The van der Waals surface area contributed by atoms with Crippen LogP contribution in [0.15, 0.2) is 29.2 Å². The van der Waals surface area contributed by atoms with Crippen LogP contribution in [0.3, 0.4) is 0 Å². The number of carbonyl (C=O) groups is 1. The van der Waals surface area contributed by atoms with Gasteiger partial charge in [-0.1, -0.05) is 19.8 Å². The van der Waals surface area contributed by atoms with Crippen LogP contribution in [0, 0.1) is 0 Å². The molecule has 0 spiro atoms. The van der Waals surface area contributed by atoms with E-state index < -0.39 is 0 Å². The Bertz CT molecular complexity index is 378. The lowest BCUT2D eigenvalue weighted by Gasteiger charge is -2.12. The number of rotatable bonds is 8. The van der Waals surface area contributed by atoms with Gasteiger partial charge in [-0.3, -0.25) is 4.79 Å². The van der Waals surface area contributed by atoms with Gasteiger partial charge in [0, 0.05) is 11.4 Å². The third-order valence-corrected chi connectivity index (χ3v) is 3.93. The third kappa shape index (κ3) is 6.01. The van der Waals surface area contributed by atoms with Crippen LogP contribution in [0.2, 0.25) is 0 Å². The van der Waals surface area contributed by atoms with Gasteiger partial charge in [-0.05, 0) is 37.6 Å². The van der Waals surface area contributed by atoms with Crippen molar-refractivity contribution in [3.05, 3.63) is 24.3 Å². The lowest BCUT2D eigenvalue weighted by Crippen LogP contribution is -2.31. The van der Waals surface area contributed by atoms with Crippen LogP contribution in [-0.4, -0.2) is 24.8 Å². The number of hydrogen-bond donors (Lipinski definition) is 1. The molecule has 0 heterocycles. The third-order valence-electron chi connectivity index (χ3n) is 2.82. The van der Waals surface area contributed by atoms with E-state index in [4.69, 9.17) is 4.74 Å². The molecular weight excluding hydrogens is 258 g/mol. The SMILES string of the molecule is CCCCCNC(=O)[C@H](C)Sc1ccc(OC)cc1. The molecule has 0 fully saturated rings. The Labute approximate surface area is 120 Å². The Morgan fingerprint density at radius 1 is 1.32 bits per heavy atom. The second kappa shape index (κ2) is 8.86. The molecule has 0 saturated heterocycles. The van der Waals surface area contributed by atoms with E-state index in [1.807, 2.05) is 31.2 Å². The van der Waals surface area contributed by atoms with Crippen molar-refractivity contribution >= 4 is 17.7 Å². The van der Waals surface area contributed by atoms with Crippen molar-refractivity contribution < 1.29 is 9.53 Å². The summed E-state index contributed by atoms with van der Waals surface area (Å²) in [6, 6.07) is 7.77. The molecule has 1 rings (SSSR count). The zero-order valence-corrected chi connectivity index (χ0v) is 12.8. The average Bonchev–Trinajstić information content (AvgIpc) is 2.44. The summed E-state index contributed by atoms with van der Waals surface area (Å²) in [5, 5.41) is 2.90. The summed E-state index contributed by atoms with van der Waals surface area (Å²) < 4.78 is 5.11. The molecule has 0 bridgehead atoms. The summed E-state index contributed by atoms with van der Waals surface area (Å²) in [5.74, 6) is 0.943. The molecule has 106 valence electrons. The molecule has 1 aromatic carbocycles. The molecule has 1 atom stereocenters. The molecule has 1 aromatic rings. The predicted molar refractivity (Wildman–Crippen MR) is 80.8 cm³/mol. The predicted octanol–water partition coefficient (Wildman–Crippen LogP) is 3.48. The van der Waals surface area contributed by atoms with Gasteiger partial charge < -0.3 is 10.1 Å². The summed E-state index contributed by atoms with van der Waals surface area (Å²) in [7, 11) is 1.65. The van der Waals surface area contributed by atoms with Crippen LogP contribution in [0.4, 0.5) is 0 Å². The summed E-state index contributed by atoms with van der Waals surface area (Å²) in [6.07, 6.45) is 3.40. The quantitative estimate of drug-likeness (QED) is 0.585. The number of ether oxygens (including phenoxy) is 1. The number of carbonyl (C=O) groups excluding carboxylic acids is 1. The Hall–Kier alpha value is -1.16. The average molecular weight is 281 g/mol. The van der Waals surface area contributed by atoms with Crippen molar-refractivity contribution in [2.45, 2.75) is 43.3 Å². The maximum Gasteiger partial charge on any atom is 0.233 e. The second-order valence-corrected chi connectivity index (χ2v) is 5.85. The van der Waals surface area contributed by atoms with E-state index in [0.29, 0.717) is 0 Å². The first-order chi connectivity index (χ1) is 9.17. The van der Waals surface area contributed by atoms with E-state index in [1.165, 1.54) is 12.8 Å². The van der Waals surface area contributed by atoms with Crippen molar-refractivity contribution in [3.8, 4) is 5.75 Å². The minimum absolute atomic E-state index is 0.0741. The maximum atomic E-state index is 11.9. The van der Waals surface area contributed by atoms with Gasteiger partial charge in [0.2, 0.25) is 5.91 Å². The molecule has 3 nitrogen and oxygen atoms in total. The number of thioether (sulfide) groups is 1. The number of methoxy groups -OCH3 is 1. The lowest BCUT2D eigenvalue weighted by molar-refractivity contribution is -0.120. The zero-order chi connectivity index (χ0) is 14.1. The Morgan fingerprint density at radius 3 is 2.58 bits per heavy atom.